The van der Waals surface area contributed by atoms with E-state index in [4.69, 9.17) is 4.99 Å². The Morgan fingerprint density at radius 1 is 1.22 bits per heavy atom. The normalized spacial score (nSPS) is 38.9. The fourth-order valence-electron chi connectivity index (χ4n) is 3.15. The molecule has 3 unspecified atom stereocenters. The summed E-state index contributed by atoms with van der Waals surface area (Å²) in [4.78, 5) is 4.76. The lowest BCUT2D eigenvalue weighted by Crippen LogP contribution is -2.43. The van der Waals surface area contributed by atoms with Crippen molar-refractivity contribution < 1.29 is 8.42 Å². The first kappa shape index (κ1) is 12.8. The van der Waals surface area contributed by atoms with Gasteiger partial charge in [0.15, 0.2) is 15.0 Å². The van der Waals surface area contributed by atoms with Crippen LogP contribution in [0.5, 0.6) is 0 Å². The van der Waals surface area contributed by atoms with Crippen molar-refractivity contribution in [1.29, 1.82) is 0 Å². The van der Waals surface area contributed by atoms with Gasteiger partial charge in [0.25, 0.3) is 0 Å². The van der Waals surface area contributed by atoms with Gasteiger partial charge >= 0.3 is 0 Å². The summed E-state index contributed by atoms with van der Waals surface area (Å²) < 4.78 is 23.2. The molecule has 6 heteroatoms. The Morgan fingerprint density at radius 2 is 2.11 bits per heavy atom. The van der Waals surface area contributed by atoms with Crippen molar-refractivity contribution in [3.63, 3.8) is 0 Å². The zero-order valence-electron chi connectivity index (χ0n) is 10.5. The van der Waals surface area contributed by atoms with Crippen LogP contribution >= 0.6 is 11.8 Å². The highest BCUT2D eigenvalue weighted by Crippen LogP contribution is 2.35. The topological polar surface area (TPSA) is 58.5 Å². The van der Waals surface area contributed by atoms with Crippen molar-refractivity contribution in [2.24, 2.45) is 10.9 Å². The molecule has 2 fully saturated rings. The van der Waals surface area contributed by atoms with Crippen LogP contribution < -0.4 is 5.32 Å². The molecule has 3 atom stereocenters. The molecule has 2 heterocycles. The Morgan fingerprint density at radius 3 is 2.94 bits per heavy atom. The average molecular weight is 288 g/mol. The summed E-state index contributed by atoms with van der Waals surface area (Å²) in [6.07, 6.45) is 5.55. The molecule has 1 saturated carbocycles. The first-order valence-corrected chi connectivity index (χ1v) is 9.61. The fourth-order valence-corrected chi connectivity index (χ4v) is 6.00. The summed E-state index contributed by atoms with van der Waals surface area (Å²) in [5.74, 6) is 2.54. The van der Waals surface area contributed by atoms with Crippen LogP contribution in [-0.4, -0.2) is 42.9 Å². The van der Waals surface area contributed by atoms with E-state index in [0.29, 0.717) is 11.8 Å². The minimum atomic E-state index is -2.83. The van der Waals surface area contributed by atoms with Gasteiger partial charge in [0.05, 0.1) is 17.5 Å². The summed E-state index contributed by atoms with van der Waals surface area (Å²) >= 11 is 1.78. The molecular formula is C12H20N2O2S2. The molecule has 4 nitrogen and oxygen atoms in total. The number of hydrogen-bond donors (Lipinski definition) is 1. The number of amidine groups is 1. The zero-order chi connectivity index (χ0) is 12.6. The van der Waals surface area contributed by atoms with Gasteiger partial charge in [-0.3, -0.25) is 4.99 Å². The Bertz CT molecular complexity index is 447. The number of hydrogen-bond acceptors (Lipinski definition) is 5. The summed E-state index contributed by atoms with van der Waals surface area (Å²) in [5, 5.41) is 4.35. The second-order valence-electron chi connectivity index (χ2n) is 5.60. The predicted octanol–water partition coefficient (Wildman–Crippen LogP) is 1.42. The van der Waals surface area contributed by atoms with Crippen molar-refractivity contribution in [3.8, 4) is 0 Å². The maximum absolute atomic E-state index is 11.6. The van der Waals surface area contributed by atoms with Crippen molar-refractivity contribution in [1.82, 2.24) is 5.32 Å². The minimum absolute atomic E-state index is 0.0768. The van der Waals surface area contributed by atoms with E-state index in [1.807, 2.05) is 0 Å². The van der Waals surface area contributed by atoms with Crippen molar-refractivity contribution >= 4 is 26.8 Å². The van der Waals surface area contributed by atoms with E-state index < -0.39 is 9.84 Å². The molecule has 102 valence electrons. The van der Waals surface area contributed by atoms with Crippen LogP contribution in [0.15, 0.2) is 4.99 Å². The quantitative estimate of drug-likeness (QED) is 0.793. The highest BCUT2D eigenvalue weighted by Gasteiger charge is 2.32. The fraction of sp³-hybridized carbons (Fsp3) is 0.917. The molecule has 1 saturated heterocycles. The van der Waals surface area contributed by atoms with Gasteiger partial charge < -0.3 is 5.32 Å². The molecule has 0 aromatic heterocycles. The van der Waals surface area contributed by atoms with Gasteiger partial charge in [-0.1, -0.05) is 18.2 Å². The van der Waals surface area contributed by atoms with E-state index in [0.717, 1.165) is 29.7 Å². The molecule has 2 aliphatic heterocycles. The molecule has 1 N–H and O–H groups in total. The molecule has 0 amide bonds. The largest absolute Gasteiger partial charge is 0.361 e. The molecule has 0 aromatic carbocycles. The van der Waals surface area contributed by atoms with E-state index in [1.165, 1.54) is 19.3 Å². The zero-order valence-corrected chi connectivity index (χ0v) is 12.1. The minimum Gasteiger partial charge on any atom is -0.361 e. The second kappa shape index (κ2) is 5.04. The Labute approximate surface area is 113 Å². The van der Waals surface area contributed by atoms with Crippen LogP contribution in [0.2, 0.25) is 0 Å². The highest BCUT2D eigenvalue weighted by atomic mass is 32.2. The van der Waals surface area contributed by atoms with E-state index in [-0.39, 0.29) is 11.8 Å². The third-order valence-corrected chi connectivity index (χ3v) is 7.04. The molecule has 18 heavy (non-hydrogen) atoms. The molecule has 3 rings (SSSR count). The second-order valence-corrected chi connectivity index (χ2v) is 8.84. The first-order chi connectivity index (χ1) is 8.62. The summed E-state index contributed by atoms with van der Waals surface area (Å²) in [7, 11) is -2.83. The molecular weight excluding hydrogens is 268 g/mol. The lowest BCUT2D eigenvalue weighted by Gasteiger charge is -2.28. The van der Waals surface area contributed by atoms with E-state index in [9.17, 15) is 8.42 Å². The van der Waals surface area contributed by atoms with Gasteiger partial charge in [0, 0.05) is 11.8 Å². The number of nitrogens with one attached hydrogen (secondary N) is 1. The first-order valence-electron chi connectivity index (χ1n) is 6.80. The van der Waals surface area contributed by atoms with E-state index in [2.05, 4.69) is 5.32 Å². The lowest BCUT2D eigenvalue weighted by molar-refractivity contribution is 0.516. The SMILES string of the molecule is O=S1(=O)CCCC(NC2=NC3CCCC3CS2)C1. The van der Waals surface area contributed by atoms with Crippen LogP contribution in [-0.2, 0) is 9.84 Å². The van der Waals surface area contributed by atoms with Crippen molar-refractivity contribution in [3.05, 3.63) is 0 Å². The average Bonchev–Trinajstić information content (AvgIpc) is 2.74. The third-order valence-electron chi connectivity index (χ3n) is 4.13. The van der Waals surface area contributed by atoms with Gasteiger partial charge in [0.1, 0.15) is 0 Å². The molecule has 3 aliphatic rings. The molecule has 0 radical (unpaired) electrons. The van der Waals surface area contributed by atoms with Crippen molar-refractivity contribution in [2.45, 2.75) is 44.2 Å². The Hall–Kier alpha value is -0.230. The van der Waals surface area contributed by atoms with Crippen LogP contribution in [0.4, 0.5) is 0 Å². The van der Waals surface area contributed by atoms with Crippen molar-refractivity contribution in [2.75, 3.05) is 17.3 Å². The smallest absolute Gasteiger partial charge is 0.157 e. The number of sulfone groups is 1. The van der Waals surface area contributed by atoms with E-state index >= 15 is 0 Å². The lowest BCUT2D eigenvalue weighted by atomic mass is 10.1. The number of aliphatic imine (C=N–C) groups is 1. The molecule has 0 bridgehead atoms. The Balaban J connectivity index is 1.62. The molecule has 1 aliphatic carbocycles. The monoisotopic (exact) mass is 288 g/mol. The van der Waals surface area contributed by atoms with Crippen LogP contribution in [0.1, 0.15) is 32.1 Å². The van der Waals surface area contributed by atoms with Gasteiger partial charge in [-0.05, 0) is 31.6 Å². The van der Waals surface area contributed by atoms with Crippen LogP contribution in [0.3, 0.4) is 0 Å². The maximum atomic E-state index is 11.6. The van der Waals surface area contributed by atoms with Crippen LogP contribution in [0, 0.1) is 5.92 Å². The molecule has 0 spiro atoms. The predicted molar refractivity (Wildman–Crippen MR) is 75.8 cm³/mol. The standard InChI is InChI=1S/C12H20N2O2S2/c15-18(16)6-2-4-10(8-18)13-12-14-11-5-1-3-9(11)7-17-12/h9-11H,1-8H2,(H,13,14). The number of nitrogens with zero attached hydrogens (tertiary/aromatic N) is 1. The molecule has 0 aromatic rings. The number of thioether (sulfide) groups is 1. The number of fused-ring (bicyclic) bond motifs is 1. The van der Waals surface area contributed by atoms with Gasteiger partial charge in [0.2, 0.25) is 0 Å². The van der Waals surface area contributed by atoms with Crippen LogP contribution in [0.25, 0.3) is 0 Å². The third kappa shape index (κ3) is 2.85. The number of rotatable bonds is 1. The Kier molecular flexibility index (Phi) is 3.58. The van der Waals surface area contributed by atoms with Gasteiger partial charge in [-0.25, -0.2) is 8.42 Å². The summed E-state index contributed by atoms with van der Waals surface area (Å²) in [6, 6.07) is 0.571. The summed E-state index contributed by atoms with van der Waals surface area (Å²) in [5.41, 5.74) is 0. The maximum Gasteiger partial charge on any atom is 0.157 e. The highest BCUT2D eigenvalue weighted by molar-refractivity contribution is 8.13. The van der Waals surface area contributed by atoms with Gasteiger partial charge in [-0.15, -0.1) is 0 Å². The summed E-state index contributed by atoms with van der Waals surface area (Å²) in [6.45, 7) is 0. The van der Waals surface area contributed by atoms with E-state index in [1.54, 1.807) is 11.8 Å². The van der Waals surface area contributed by atoms with Gasteiger partial charge in [-0.2, -0.15) is 0 Å².